The molecule has 2 rings (SSSR count). The Kier molecular flexibility index (Phi) is 6.88. The third-order valence-electron chi connectivity index (χ3n) is 3.63. The van der Waals surface area contributed by atoms with E-state index in [4.69, 9.17) is 9.47 Å². The maximum atomic E-state index is 13.7. The largest absolute Gasteiger partial charge is 0.493 e. The first-order chi connectivity index (χ1) is 11.3. The lowest BCUT2D eigenvalue weighted by molar-refractivity contribution is 0.276. The number of nitrogens with one attached hydrogen (secondary N) is 1. The molecule has 0 heterocycles. The van der Waals surface area contributed by atoms with Gasteiger partial charge >= 0.3 is 0 Å². The number of ether oxygens (including phenoxy) is 2. The molecule has 1 N–H and O–H groups in total. The van der Waals surface area contributed by atoms with Crippen LogP contribution in [0.2, 0.25) is 0 Å². The summed E-state index contributed by atoms with van der Waals surface area (Å²) in [5.41, 5.74) is 1.54. The molecule has 0 spiro atoms. The lowest BCUT2D eigenvalue weighted by Gasteiger charge is -2.16. The first-order valence-electron chi connectivity index (χ1n) is 7.99. The number of hydrogen-bond acceptors (Lipinski definition) is 3. The van der Waals surface area contributed by atoms with Crippen LogP contribution in [0.4, 0.5) is 4.39 Å². The van der Waals surface area contributed by atoms with Gasteiger partial charge in [-0.1, -0.05) is 43.7 Å². The van der Waals surface area contributed by atoms with Crippen molar-refractivity contribution >= 4 is 0 Å². The summed E-state index contributed by atoms with van der Waals surface area (Å²) < 4.78 is 25.0. The highest BCUT2D eigenvalue weighted by molar-refractivity contribution is 5.46. The summed E-state index contributed by atoms with van der Waals surface area (Å²) in [6.45, 7) is 4.00. The van der Waals surface area contributed by atoms with Gasteiger partial charge in [0.25, 0.3) is 0 Å². The molecule has 0 radical (unpaired) electrons. The number of halogens is 1. The number of rotatable bonds is 9. The zero-order valence-electron chi connectivity index (χ0n) is 13.8. The van der Waals surface area contributed by atoms with E-state index >= 15 is 0 Å². The fourth-order valence-electron chi connectivity index (χ4n) is 2.32. The van der Waals surface area contributed by atoms with Gasteiger partial charge in [-0.2, -0.15) is 0 Å². The molecule has 4 heteroatoms. The number of unbranched alkanes of at least 4 members (excludes halogenated alkanes) is 1. The van der Waals surface area contributed by atoms with E-state index in [9.17, 15) is 4.39 Å². The second-order valence-electron chi connectivity index (χ2n) is 5.36. The van der Waals surface area contributed by atoms with Gasteiger partial charge < -0.3 is 14.8 Å². The maximum Gasteiger partial charge on any atom is 0.166 e. The van der Waals surface area contributed by atoms with Crippen LogP contribution in [0.15, 0.2) is 42.5 Å². The van der Waals surface area contributed by atoms with Gasteiger partial charge in [0.2, 0.25) is 0 Å². The van der Waals surface area contributed by atoms with Crippen molar-refractivity contribution in [2.45, 2.75) is 32.9 Å². The van der Waals surface area contributed by atoms with Crippen molar-refractivity contribution in [3.05, 3.63) is 59.4 Å². The topological polar surface area (TPSA) is 30.5 Å². The molecule has 0 saturated carbocycles. The predicted molar refractivity (Wildman–Crippen MR) is 90.3 cm³/mol. The second kappa shape index (κ2) is 9.16. The van der Waals surface area contributed by atoms with Gasteiger partial charge in [0.1, 0.15) is 12.4 Å². The number of methoxy groups -OCH3 is 1. The number of hydrogen-bond donors (Lipinski definition) is 1. The minimum Gasteiger partial charge on any atom is -0.493 e. The van der Waals surface area contributed by atoms with E-state index in [-0.39, 0.29) is 12.4 Å². The average molecular weight is 317 g/mol. The van der Waals surface area contributed by atoms with Crippen LogP contribution >= 0.6 is 0 Å². The minimum atomic E-state index is -0.259. The second-order valence-corrected chi connectivity index (χ2v) is 5.36. The summed E-state index contributed by atoms with van der Waals surface area (Å²) in [5, 5.41) is 3.39. The Bertz CT molecular complexity index is 616. The lowest BCUT2D eigenvalue weighted by atomic mass is 10.1. The van der Waals surface area contributed by atoms with Crippen LogP contribution in [-0.2, 0) is 13.2 Å². The Balaban J connectivity index is 2.10. The quantitative estimate of drug-likeness (QED) is 0.699. The molecule has 0 aliphatic rings. The molecule has 0 bridgehead atoms. The Hall–Kier alpha value is -2.07. The van der Waals surface area contributed by atoms with Gasteiger partial charge in [0.05, 0.1) is 7.11 Å². The molecule has 0 aromatic heterocycles. The third kappa shape index (κ3) is 4.96. The van der Waals surface area contributed by atoms with Crippen molar-refractivity contribution in [3.8, 4) is 11.5 Å². The first kappa shape index (κ1) is 17.3. The summed E-state index contributed by atoms with van der Waals surface area (Å²) in [6.07, 6.45) is 2.29. The van der Waals surface area contributed by atoms with Gasteiger partial charge in [0.15, 0.2) is 11.5 Å². The molecule has 2 aromatic carbocycles. The van der Waals surface area contributed by atoms with Crippen LogP contribution in [0, 0.1) is 5.82 Å². The first-order valence-corrected chi connectivity index (χ1v) is 7.99. The van der Waals surface area contributed by atoms with Crippen LogP contribution in [0.1, 0.15) is 30.9 Å². The standard InChI is InChI=1S/C19H24FNO2/c1-3-4-12-21-13-15-9-7-11-18(22-2)19(15)23-14-16-8-5-6-10-17(16)20/h5-11,21H,3-4,12-14H2,1-2H3. The van der Waals surface area contributed by atoms with E-state index < -0.39 is 0 Å². The summed E-state index contributed by atoms with van der Waals surface area (Å²) in [6, 6.07) is 12.4. The van der Waals surface area contributed by atoms with E-state index in [0.29, 0.717) is 23.6 Å². The molecule has 0 aliphatic heterocycles. The smallest absolute Gasteiger partial charge is 0.166 e. The van der Waals surface area contributed by atoms with Crippen molar-refractivity contribution in [3.63, 3.8) is 0 Å². The highest BCUT2D eigenvalue weighted by Gasteiger charge is 2.11. The van der Waals surface area contributed by atoms with E-state index in [0.717, 1.165) is 24.9 Å². The molecule has 0 unspecified atom stereocenters. The lowest BCUT2D eigenvalue weighted by Crippen LogP contribution is -2.15. The zero-order chi connectivity index (χ0) is 16.5. The number of benzene rings is 2. The van der Waals surface area contributed by atoms with Crippen LogP contribution in [-0.4, -0.2) is 13.7 Å². The van der Waals surface area contributed by atoms with Gasteiger partial charge in [0, 0.05) is 17.7 Å². The van der Waals surface area contributed by atoms with Crippen molar-refractivity contribution in [2.75, 3.05) is 13.7 Å². The van der Waals surface area contributed by atoms with Crippen LogP contribution < -0.4 is 14.8 Å². The molecule has 2 aromatic rings. The molecular weight excluding hydrogens is 293 g/mol. The molecule has 0 fully saturated rings. The van der Waals surface area contributed by atoms with Gasteiger partial charge in [-0.15, -0.1) is 0 Å². The van der Waals surface area contributed by atoms with E-state index in [2.05, 4.69) is 12.2 Å². The van der Waals surface area contributed by atoms with Gasteiger partial charge in [-0.25, -0.2) is 4.39 Å². The third-order valence-corrected chi connectivity index (χ3v) is 3.63. The normalized spacial score (nSPS) is 10.6. The molecule has 23 heavy (non-hydrogen) atoms. The fraction of sp³-hybridized carbons (Fsp3) is 0.368. The molecular formula is C19H24FNO2. The van der Waals surface area contributed by atoms with Crippen molar-refractivity contribution in [2.24, 2.45) is 0 Å². The minimum absolute atomic E-state index is 0.176. The van der Waals surface area contributed by atoms with Gasteiger partial charge in [-0.3, -0.25) is 0 Å². The number of para-hydroxylation sites is 1. The highest BCUT2D eigenvalue weighted by Crippen LogP contribution is 2.32. The molecule has 124 valence electrons. The van der Waals surface area contributed by atoms with E-state index in [1.54, 1.807) is 25.3 Å². The van der Waals surface area contributed by atoms with Gasteiger partial charge in [-0.05, 0) is 25.1 Å². The summed E-state index contributed by atoms with van der Waals surface area (Å²) >= 11 is 0. The monoisotopic (exact) mass is 317 g/mol. The Labute approximate surface area is 137 Å². The molecule has 0 atom stereocenters. The van der Waals surface area contributed by atoms with Crippen molar-refractivity contribution in [1.82, 2.24) is 5.32 Å². The summed E-state index contributed by atoms with van der Waals surface area (Å²) in [7, 11) is 1.61. The molecule has 0 saturated heterocycles. The van der Waals surface area contributed by atoms with Crippen molar-refractivity contribution in [1.29, 1.82) is 0 Å². The molecule has 0 aliphatic carbocycles. The van der Waals surface area contributed by atoms with E-state index in [1.165, 1.54) is 6.07 Å². The highest BCUT2D eigenvalue weighted by atomic mass is 19.1. The fourth-order valence-corrected chi connectivity index (χ4v) is 2.32. The predicted octanol–water partition coefficient (Wildman–Crippen LogP) is 4.30. The average Bonchev–Trinajstić information content (AvgIpc) is 2.58. The van der Waals surface area contributed by atoms with E-state index in [1.807, 2.05) is 18.2 Å². The Morgan fingerprint density at radius 3 is 2.57 bits per heavy atom. The Morgan fingerprint density at radius 2 is 1.83 bits per heavy atom. The van der Waals surface area contributed by atoms with Crippen LogP contribution in [0.3, 0.4) is 0 Å². The molecule has 0 amide bonds. The summed E-state index contributed by atoms with van der Waals surface area (Å²) in [5.74, 6) is 1.07. The summed E-state index contributed by atoms with van der Waals surface area (Å²) in [4.78, 5) is 0. The van der Waals surface area contributed by atoms with Crippen LogP contribution in [0.25, 0.3) is 0 Å². The Morgan fingerprint density at radius 1 is 1.04 bits per heavy atom. The van der Waals surface area contributed by atoms with Crippen LogP contribution in [0.5, 0.6) is 11.5 Å². The maximum absolute atomic E-state index is 13.7. The van der Waals surface area contributed by atoms with Crippen molar-refractivity contribution < 1.29 is 13.9 Å². The molecule has 3 nitrogen and oxygen atoms in total. The zero-order valence-corrected chi connectivity index (χ0v) is 13.8. The SMILES string of the molecule is CCCCNCc1cccc(OC)c1OCc1ccccc1F.